The number of pyridine rings is 1. The van der Waals surface area contributed by atoms with E-state index in [1.165, 1.54) is 49.3 Å². The standard InChI is InChI=1S/C24H35N7O/c1-18-15-23(20-16-25-28(3)24(20)26-18)30-10-7-22-21(17-30)19(2)27-31(22)12-14-32-13-11-29-8-5-4-6-9-29/h15-16H,4-14,17H2,1-3H3. The Morgan fingerprint density at radius 2 is 1.84 bits per heavy atom. The van der Waals surface area contributed by atoms with Crippen molar-refractivity contribution in [1.82, 2.24) is 29.4 Å². The second-order valence-corrected chi connectivity index (χ2v) is 9.21. The van der Waals surface area contributed by atoms with Crippen LogP contribution in [0.2, 0.25) is 0 Å². The first kappa shape index (κ1) is 21.4. The van der Waals surface area contributed by atoms with Crippen LogP contribution in [0.1, 0.15) is 41.9 Å². The van der Waals surface area contributed by atoms with E-state index >= 15 is 0 Å². The molecule has 0 aliphatic carbocycles. The fraction of sp³-hybridized carbons (Fsp3) is 0.625. The first-order valence-corrected chi connectivity index (χ1v) is 12.0. The van der Waals surface area contributed by atoms with Crippen LogP contribution in [0.3, 0.4) is 0 Å². The van der Waals surface area contributed by atoms with Crippen molar-refractivity contribution in [3.63, 3.8) is 0 Å². The zero-order valence-electron chi connectivity index (χ0n) is 19.7. The Morgan fingerprint density at radius 1 is 1.03 bits per heavy atom. The van der Waals surface area contributed by atoms with Crippen LogP contribution in [0.15, 0.2) is 12.3 Å². The Morgan fingerprint density at radius 3 is 2.69 bits per heavy atom. The lowest BCUT2D eigenvalue weighted by Gasteiger charge is -2.30. The third kappa shape index (κ3) is 4.26. The number of aromatic nitrogens is 5. The predicted octanol–water partition coefficient (Wildman–Crippen LogP) is 2.85. The minimum absolute atomic E-state index is 0.727. The minimum atomic E-state index is 0.727. The monoisotopic (exact) mass is 437 g/mol. The van der Waals surface area contributed by atoms with Gasteiger partial charge in [-0.2, -0.15) is 10.2 Å². The highest BCUT2D eigenvalue weighted by Gasteiger charge is 2.25. The molecule has 0 saturated carbocycles. The van der Waals surface area contributed by atoms with Crippen LogP contribution < -0.4 is 4.90 Å². The Kier molecular flexibility index (Phi) is 6.15. The Balaban J connectivity index is 1.23. The molecule has 8 heteroatoms. The zero-order valence-corrected chi connectivity index (χ0v) is 19.7. The maximum absolute atomic E-state index is 5.97. The van der Waals surface area contributed by atoms with E-state index in [9.17, 15) is 0 Å². The van der Waals surface area contributed by atoms with Gasteiger partial charge in [0.05, 0.1) is 42.7 Å². The fourth-order valence-electron chi connectivity index (χ4n) is 5.16. The van der Waals surface area contributed by atoms with Gasteiger partial charge in [0.25, 0.3) is 0 Å². The lowest BCUT2D eigenvalue weighted by molar-refractivity contribution is 0.0893. The van der Waals surface area contributed by atoms with Crippen LogP contribution in [0, 0.1) is 13.8 Å². The zero-order chi connectivity index (χ0) is 22.1. The van der Waals surface area contributed by atoms with Crippen molar-refractivity contribution in [3.8, 4) is 0 Å². The molecule has 2 aliphatic rings. The molecule has 0 aromatic carbocycles. The first-order valence-electron chi connectivity index (χ1n) is 12.0. The van der Waals surface area contributed by atoms with Gasteiger partial charge in [0.15, 0.2) is 5.65 Å². The van der Waals surface area contributed by atoms with Crippen LogP contribution in [0.25, 0.3) is 11.0 Å². The molecule has 0 amide bonds. The van der Waals surface area contributed by atoms with Crippen molar-refractivity contribution >= 4 is 16.7 Å². The fourth-order valence-corrected chi connectivity index (χ4v) is 5.16. The van der Waals surface area contributed by atoms with Crippen molar-refractivity contribution in [1.29, 1.82) is 0 Å². The van der Waals surface area contributed by atoms with E-state index in [1.54, 1.807) is 0 Å². The van der Waals surface area contributed by atoms with E-state index in [1.807, 2.05) is 17.9 Å². The maximum atomic E-state index is 5.97. The van der Waals surface area contributed by atoms with Crippen molar-refractivity contribution in [2.24, 2.45) is 7.05 Å². The molecule has 5 heterocycles. The summed E-state index contributed by atoms with van der Waals surface area (Å²) in [6.45, 7) is 11.9. The highest BCUT2D eigenvalue weighted by molar-refractivity contribution is 5.89. The molecule has 1 saturated heterocycles. The summed E-state index contributed by atoms with van der Waals surface area (Å²) in [5, 5.41) is 10.4. The minimum Gasteiger partial charge on any atom is -0.378 e. The molecular formula is C24H35N7O. The summed E-state index contributed by atoms with van der Waals surface area (Å²) in [5.74, 6) is 0. The van der Waals surface area contributed by atoms with Gasteiger partial charge in [-0.05, 0) is 45.8 Å². The summed E-state index contributed by atoms with van der Waals surface area (Å²) in [5.41, 5.74) is 7.05. The van der Waals surface area contributed by atoms with Gasteiger partial charge in [0, 0.05) is 50.1 Å². The van der Waals surface area contributed by atoms with Crippen LogP contribution in [0.4, 0.5) is 5.69 Å². The molecule has 0 atom stereocenters. The number of ether oxygens (including phenoxy) is 1. The molecule has 3 aromatic heterocycles. The number of hydrogen-bond acceptors (Lipinski definition) is 6. The van der Waals surface area contributed by atoms with E-state index in [0.717, 1.165) is 68.2 Å². The number of anilines is 1. The second-order valence-electron chi connectivity index (χ2n) is 9.21. The molecule has 3 aromatic rings. The van der Waals surface area contributed by atoms with Crippen LogP contribution in [-0.2, 0) is 31.3 Å². The van der Waals surface area contributed by atoms with Crippen molar-refractivity contribution in [2.75, 3.05) is 44.3 Å². The molecular weight excluding hydrogens is 402 g/mol. The first-order chi connectivity index (χ1) is 15.6. The summed E-state index contributed by atoms with van der Waals surface area (Å²) in [4.78, 5) is 9.66. The van der Waals surface area contributed by atoms with E-state index in [-0.39, 0.29) is 0 Å². The molecule has 0 unspecified atom stereocenters. The molecule has 8 nitrogen and oxygen atoms in total. The molecule has 0 N–H and O–H groups in total. The average molecular weight is 438 g/mol. The molecule has 0 radical (unpaired) electrons. The normalized spacial score (nSPS) is 17.3. The average Bonchev–Trinajstić information content (AvgIpc) is 3.33. The summed E-state index contributed by atoms with van der Waals surface area (Å²) >= 11 is 0. The number of likely N-dealkylation sites (tertiary alicyclic amines) is 1. The molecule has 172 valence electrons. The Labute approximate surface area is 190 Å². The van der Waals surface area contributed by atoms with Gasteiger partial charge in [-0.1, -0.05) is 6.42 Å². The third-order valence-corrected chi connectivity index (χ3v) is 6.93. The van der Waals surface area contributed by atoms with Gasteiger partial charge >= 0.3 is 0 Å². The summed E-state index contributed by atoms with van der Waals surface area (Å²) in [6.07, 6.45) is 6.98. The Bertz CT molecular complexity index is 1080. The SMILES string of the molecule is Cc1cc(N2CCc3c(c(C)nn3CCOCCN3CCCCC3)C2)c2cnn(C)c2n1. The molecule has 5 rings (SSSR count). The number of aryl methyl sites for hydroxylation is 3. The molecule has 0 spiro atoms. The van der Waals surface area contributed by atoms with Gasteiger partial charge in [0.1, 0.15) is 0 Å². The number of rotatable bonds is 7. The van der Waals surface area contributed by atoms with E-state index in [4.69, 9.17) is 9.84 Å². The number of fused-ring (bicyclic) bond motifs is 2. The number of hydrogen-bond donors (Lipinski definition) is 0. The molecule has 32 heavy (non-hydrogen) atoms. The predicted molar refractivity (Wildman–Crippen MR) is 126 cm³/mol. The van der Waals surface area contributed by atoms with Gasteiger partial charge < -0.3 is 14.5 Å². The van der Waals surface area contributed by atoms with Gasteiger partial charge in [-0.15, -0.1) is 0 Å². The summed E-state index contributed by atoms with van der Waals surface area (Å²) in [7, 11) is 1.95. The lowest BCUT2D eigenvalue weighted by Crippen LogP contribution is -2.33. The largest absolute Gasteiger partial charge is 0.378 e. The molecule has 0 bridgehead atoms. The van der Waals surface area contributed by atoms with E-state index in [0.29, 0.717) is 0 Å². The summed E-state index contributed by atoms with van der Waals surface area (Å²) in [6, 6.07) is 2.19. The highest BCUT2D eigenvalue weighted by Crippen LogP contribution is 2.31. The topological polar surface area (TPSA) is 64.2 Å². The van der Waals surface area contributed by atoms with Crippen LogP contribution in [0.5, 0.6) is 0 Å². The van der Waals surface area contributed by atoms with E-state index < -0.39 is 0 Å². The Hall–Kier alpha value is -2.45. The van der Waals surface area contributed by atoms with Gasteiger partial charge in [0.2, 0.25) is 0 Å². The quantitative estimate of drug-likeness (QED) is 0.530. The second kappa shape index (κ2) is 9.19. The lowest BCUT2D eigenvalue weighted by atomic mass is 10.0. The summed E-state index contributed by atoms with van der Waals surface area (Å²) < 4.78 is 10.0. The van der Waals surface area contributed by atoms with E-state index in [2.05, 4.69) is 44.5 Å². The third-order valence-electron chi connectivity index (χ3n) is 6.93. The van der Waals surface area contributed by atoms with Crippen LogP contribution in [-0.4, -0.2) is 68.8 Å². The number of nitrogens with zero attached hydrogens (tertiary/aromatic N) is 7. The van der Waals surface area contributed by atoms with Gasteiger partial charge in [-0.3, -0.25) is 9.36 Å². The molecule has 2 aliphatic heterocycles. The van der Waals surface area contributed by atoms with Gasteiger partial charge in [-0.25, -0.2) is 4.98 Å². The maximum Gasteiger partial charge on any atom is 0.159 e. The van der Waals surface area contributed by atoms with Crippen molar-refractivity contribution in [3.05, 3.63) is 34.9 Å². The molecule has 1 fully saturated rings. The smallest absolute Gasteiger partial charge is 0.159 e. The van der Waals surface area contributed by atoms with Crippen molar-refractivity contribution in [2.45, 2.75) is 52.6 Å². The van der Waals surface area contributed by atoms with Crippen LogP contribution >= 0.6 is 0 Å². The number of piperidine rings is 1. The van der Waals surface area contributed by atoms with Crippen molar-refractivity contribution < 1.29 is 4.74 Å². The highest BCUT2D eigenvalue weighted by atomic mass is 16.5.